The molecule has 1 rings (SSSR count). The van der Waals surface area contributed by atoms with E-state index in [1.54, 1.807) is 0 Å². The summed E-state index contributed by atoms with van der Waals surface area (Å²) >= 11 is 0. The van der Waals surface area contributed by atoms with Crippen molar-refractivity contribution in [2.45, 2.75) is 64.8 Å². The van der Waals surface area contributed by atoms with Crippen molar-refractivity contribution in [2.75, 3.05) is 6.54 Å². The second kappa shape index (κ2) is 9.15. The van der Waals surface area contributed by atoms with Gasteiger partial charge in [-0.05, 0) is 19.4 Å². The van der Waals surface area contributed by atoms with Crippen LogP contribution in [0.3, 0.4) is 0 Å². The Morgan fingerprint density at radius 2 is 2.06 bits per heavy atom. The second-order valence-corrected chi connectivity index (χ2v) is 5.25. The molecule has 1 heterocycles. The van der Waals surface area contributed by atoms with E-state index in [9.17, 15) is 0 Å². The first kappa shape index (κ1) is 15.2. The Morgan fingerprint density at radius 1 is 1.28 bits per heavy atom. The highest BCUT2D eigenvalue weighted by atomic mass is 15.3. The highest BCUT2D eigenvalue weighted by Crippen LogP contribution is 2.07. The van der Waals surface area contributed by atoms with Crippen LogP contribution in [0.1, 0.15) is 58.1 Å². The number of rotatable bonds is 10. The van der Waals surface area contributed by atoms with Crippen LogP contribution in [0.4, 0.5) is 0 Å². The van der Waals surface area contributed by atoms with Crippen molar-refractivity contribution in [3.63, 3.8) is 0 Å². The van der Waals surface area contributed by atoms with Gasteiger partial charge in [-0.2, -0.15) is 5.10 Å². The number of aryl methyl sites for hydroxylation is 1. The summed E-state index contributed by atoms with van der Waals surface area (Å²) in [6.07, 6.45) is 11.1. The number of nitrogens with zero attached hydrogens (tertiary/aromatic N) is 2. The summed E-state index contributed by atoms with van der Waals surface area (Å²) in [6, 6.07) is 2.73. The van der Waals surface area contributed by atoms with Crippen molar-refractivity contribution in [1.82, 2.24) is 15.1 Å². The predicted octanol–water partition coefficient (Wildman–Crippen LogP) is 3.30. The zero-order chi connectivity index (χ0) is 13.2. The SMILES string of the molecule is CCCCCCCC(C)NCCc1ccnn1C. The van der Waals surface area contributed by atoms with Crippen LogP contribution in [0.15, 0.2) is 12.3 Å². The van der Waals surface area contributed by atoms with E-state index in [4.69, 9.17) is 0 Å². The van der Waals surface area contributed by atoms with Crippen molar-refractivity contribution >= 4 is 0 Å². The van der Waals surface area contributed by atoms with E-state index >= 15 is 0 Å². The summed E-state index contributed by atoms with van der Waals surface area (Å²) in [6.45, 7) is 5.61. The third-order valence-corrected chi connectivity index (χ3v) is 3.54. The molecule has 0 spiro atoms. The summed E-state index contributed by atoms with van der Waals surface area (Å²) in [5, 5.41) is 7.78. The molecule has 0 radical (unpaired) electrons. The first-order valence-electron chi connectivity index (χ1n) is 7.44. The Labute approximate surface area is 112 Å². The number of nitrogens with one attached hydrogen (secondary N) is 1. The van der Waals surface area contributed by atoms with Crippen molar-refractivity contribution < 1.29 is 0 Å². The van der Waals surface area contributed by atoms with Crippen LogP contribution in [0.5, 0.6) is 0 Å². The van der Waals surface area contributed by atoms with Gasteiger partial charge >= 0.3 is 0 Å². The third kappa shape index (κ3) is 6.20. The molecule has 0 aliphatic rings. The first-order valence-corrected chi connectivity index (χ1v) is 7.44. The summed E-state index contributed by atoms with van der Waals surface area (Å²) < 4.78 is 1.96. The van der Waals surface area contributed by atoms with Crippen molar-refractivity contribution in [1.29, 1.82) is 0 Å². The number of hydrogen-bond donors (Lipinski definition) is 1. The Bertz CT molecular complexity index is 306. The fourth-order valence-corrected chi connectivity index (χ4v) is 2.25. The van der Waals surface area contributed by atoms with Gasteiger partial charge in [0.15, 0.2) is 0 Å². The van der Waals surface area contributed by atoms with E-state index < -0.39 is 0 Å². The molecule has 0 aliphatic carbocycles. The molecule has 3 nitrogen and oxygen atoms in total. The highest BCUT2D eigenvalue weighted by Gasteiger charge is 2.02. The summed E-state index contributed by atoms with van der Waals surface area (Å²) in [5.74, 6) is 0. The van der Waals surface area contributed by atoms with E-state index in [-0.39, 0.29) is 0 Å². The molecule has 3 heteroatoms. The molecule has 0 saturated heterocycles. The quantitative estimate of drug-likeness (QED) is 0.647. The maximum atomic E-state index is 4.18. The highest BCUT2D eigenvalue weighted by molar-refractivity contribution is 5.00. The minimum atomic E-state index is 0.639. The van der Waals surface area contributed by atoms with Gasteiger partial charge in [-0.1, -0.05) is 39.0 Å². The normalized spacial score (nSPS) is 12.8. The maximum absolute atomic E-state index is 4.18. The van der Waals surface area contributed by atoms with Gasteiger partial charge in [-0.25, -0.2) is 0 Å². The molecule has 1 N–H and O–H groups in total. The minimum absolute atomic E-state index is 0.639. The van der Waals surface area contributed by atoms with Crippen LogP contribution in [-0.2, 0) is 13.5 Å². The van der Waals surface area contributed by atoms with E-state index in [1.807, 2.05) is 17.9 Å². The molecule has 1 atom stereocenters. The number of hydrogen-bond acceptors (Lipinski definition) is 2. The molecule has 1 aromatic heterocycles. The van der Waals surface area contributed by atoms with Gasteiger partial charge in [0.05, 0.1) is 0 Å². The van der Waals surface area contributed by atoms with Crippen LogP contribution in [0.2, 0.25) is 0 Å². The standard InChI is InChI=1S/C15H29N3/c1-4-5-6-7-8-9-14(2)16-12-10-15-11-13-17-18(15)3/h11,13-14,16H,4-10,12H2,1-3H3. The monoisotopic (exact) mass is 251 g/mol. The molecule has 1 unspecified atom stereocenters. The predicted molar refractivity (Wildman–Crippen MR) is 77.8 cm³/mol. The van der Waals surface area contributed by atoms with E-state index in [1.165, 1.54) is 44.2 Å². The Kier molecular flexibility index (Phi) is 7.74. The van der Waals surface area contributed by atoms with Gasteiger partial charge < -0.3 is 5.32 Å². The van der Waals surface area contributed by atoms with E-state index in [2.05, 4.69) is 30.3 Å². The molecular formula is C15H29N3. The Balaban J connectivity index is 2.00. The lowest BCUT2D eigenvalue weighted by Crippen LogP contribution is -2.28. The molecule has 0 fully saturated rings. The molecule has 18 heavy (non-hydrogen) atoms. The van der Waals surface area contributed by atoms with Crippen molar-refractivity contribution in [3.8, 4) is 0 Å². The van der Waals surface area contributed by atoms with Crippen molar-refractivity contribution in [3.05, 3.63) is 18.0 Å². The van der Waals surface area contributed by atoms with Gasteiger partial charge in [-0.3, -0.25) is 4.68 Å². The Morgan fingerprint density at radius 3 is 2.72 bits per heavy atom. The van der Waals surface area contributed by atoms with Crippen LogP contribution < -0.4 is 5.32 Å². The second-order valence-electron chi connectivity index (χ2n) is 5.25. The fourth-order valence-electron chi connectivity index (χ4n) is 2.25. The zero-order valence-electron chi connectivity index (χ0n) is 12.3. The van der Waals surface area contributed by atoms with Gasteiger partial charge in [0.2, 0.25) is 0 Å². The van der Waals surface area contributed by atoms with Gasteiger partial charge in [-0.15, -0.1) is 0 Å². The summed E-state index contributed by atoms with van der Waals surface area (Å²) in [4.78, 5) is 0. The van der Waals surface area contributed by atoms with Gasteiger partial charge in [0.1, 0.15) is 0 Å². The van der Waals surface area contributed by atoms with Crippen LogP contribution in [-0.4, -0.2) is 22.4 Å². The summed E-state index contributed by atoms with van der Waals surface area (Å²) in [7, 11) is 2.01. The minimum Gasteiger partial charge on any atom is -0.314 e. The third-order valence-electron chi connectivity index (χ3n) is 3.54. The smallest absolute Gasteiger partial charge is 0.0492 e. The topological polar surface area (TPSA) is 29.9 Å². The maximum Gasteiger partial charge on any atom is 0.0492 e. The number of unbranched alkanes of at least 4 members (excludes halogenated alkanes) is 4. The lowest BCUT2D eigenvalue weighted by atomic mass is 10.1. The number of aromatic nitrogens is 2. The molecular weight excluding hydrogens is 222 g/mol. The molecule has 0 aliphatic heterocycles. The molecule has 1 aromatic rings. The van der Waals surface area contributed by atoms with Crippen LogP contribution >= 0.6 is 0 Å². The van der Waals surface area contributed by atoms with Gasteiger partial charge in [0.25, 0.3) is 0 Å². The lowest BCUT2D eigenvalue weighted by Gasteiger charge is -2.13. The Hall–Kier alpha value is -0.830. The van der Waals surface area contributed by atoms with Crippen LogP contribution in [0.25, 0.3) is 0 Å². The van der Waals surface area contributed by atoms with Crippen molar-refractivity contribution in [2.24, 2.45) is 7.05 Å². The fraction of sp³-hybridized carbons (Fsp3) is 0.800. The summed E-state index contributed by atoms with van der Waals surface area (Å²) in [5.41, 5.74) is 1.30. The molecule has 0 saturated carbocycles. The first-order chi connectivity index (χ1) is 8.74. The lowest BCUT2D eigenvalue weighted by molar-refractivity contribution is 0.479. The van der Waals surface area contributed by atoms with Gasteiger partial charge in [0, 0.05) is 37.9 Å². The van der Waals surface area contributed by atoms with E-state index in [0.29, 0.717) is 6.04 Å². The molecule has 0 aromatic carbocycles. The average molecular weight is 251 g/mol. The molecule has 0 amide bonds. The zero-order valence-corrected chi connectivity index (χ0v) is 12.3. The van der Waals surface area contributed by atoms with Crippen LogP contribution in [0, 0.1) is 0 Å². The van der Waals surface area contributed by atoms with E-state index in [0.717, 1.165) is 13.0 Å². The average Bonchev–Trinajstić information content (AvgIpc) is 2.75. The largest absolute Gasteiger partial charge is 0.314 e. The molecule has 0 bridgehead atoms. The molecule has 104 valence electrons.